The second-order valence-corrected chi connectivity index (χ2v) is 9.55. The minimum Gasteiger partial charge on any atom is -0.274 e. The second-order valence-electron chi connectivity index (χ2n) is 6.89. The Kier molecular flexibility index (Phi) is 7.39. The molecule has 0 bridgehead atoms. The molecule has 0 unspecified atom stereocenters. The van der Waals surface area contributed by atoms with Gasteiger partial charge in [0.2, 0.25) is 11.0 Å². The van der Waals surface area contributed by atoms with Gasteiger partial charge in [0, 0.05) is 6.92 Å². The van der Waals surface area contributed by atoms with Crippen molar-refractivity contribution in [1.82, 2.24) is 15.2 Å². The molecule has 2 aromatic carbocycles. The molecule has 0 saturated heterocycles. The van der Waals surface area contributed by atoms with Crippen LogP contribution in [0, 0.1) is 13.8 Å². The van der Waals surface area contributed by atoms with Crippen LogP contribution in [0.3, 0.4) is 0 Å². The number of aromatic nitrogens is 1. The maximum absolute atomic E-state index is 12.7. The molecule has 3 N–H and O–H groups in total. The Morgan fingerprint density at radius 3 is 2.41 bits per heavy atom. The van der Waals surface area contributed by atoms with Gasteiger partial charge in [-0.2, -0.15) is 18.4 Å². The number of amides is 1. The van der Waals surface area contributed by atoms with Crippen LogP contribution in [0.4, 0.5) is 5.13 Å². The van der Waals surface area contributed by atoms with E-state index in [1.54, 1.807) is 25.1 Å². The standard InChI is InChI=1S/C22H23N5O3S2/c1-15-9-12-19(13-10-15)32(29,30)27-25-20(14-11-18-7-5-4-6-8-18)21-16(2)23-22(31-21)26-24-17(3)28/h4-14,27H,1-3H3,(H,23,26)(H,24,28). The minimum absolute atomic E-state index is 0.118. The van der Waals surface area contributed by atoms with Crippen LogP contribution in [-0.4, -0.2) is 25.0 Å². The van der Waals surface area contributed by atoms with E-state index in [0.717, 1.165) is 11.1 Å². The number of hydrogen-bond donors (Lipinski definition) is 3. The molecule has 1 aromatic heterocycles. The van der Waals surface area contributed by atoms with Crippen LogP contribution in [0.1, 0.15) is 28.6 Å². The molecular formula is C22H23N5O3S2. The molecule has 3 rings (SSSR count). The first kappa shape index (κ1) is 23.2. The molecule has 0 fully saturated rings. The Balaban J connectivity index is 1.94. The third-order valence-electron chi connectivity index (χ3n) is 4.23. The first-order valence-electron chi connectivity index (χ1n) is 9.64. The molecular weight excluding hydrogens is 446 g/mol. The number of anilines is 1. The molecule has 0 aliphatic carbocycles. The first-order chi connectivity index (χ1) is 15.2. The summed E-state index contributed by atoms with van der Waals surface area (Å²) < 4.78 is 25.4. The van der Waals surface area contributed by atoms with Crippen LogP contribution in [0.5, 0.6) is 0 Å². The summed E-state index contributed by atoms with van der Waals surface area (Å²) in [7, 11) is -3.85. The van der Waals surface area contributed by atoms with E-state index < -0.39 is 10.0 Å². The average molecular weight is 470 g/mol. The van der Waals surface area contributed by atoms with E-state index in [2.05, 4.69) is 25.8 Å². The van der Waals surface area contributed by atoms with Gasteiger partial charge in [-0.15, -0.1) is 0 Å². The number of hydrazine groups is 1. The average Bonchev–Trinajstić information content (AvgIpc) is 3.14. The smallest absolute Gasteiger partial charge is 0.274 e. The van der Waals surface area contributed by atoms with Gasteiger partial charge in [0.05, 0.1) is 15.5 Å². The number of thiazole rings is 1. The first-order valence-corrected chi connectivity index (χ1v) is 11.9. The lowest BCUT2D eigenvalue weighted by atomic mass is 10.2. The van der Waals surface area contributed by atoms with Crippen LogP contribution in [0.2, 0.25) is 0 Å². The fourth-order valence-electron chi connectivity index (χ4n) is 2.61. The molecule has 166 valence electrons. The van der Waals surface area contributed by atoms with E-state index in [9.17, 15) is 13.2 Å². The van der Waals surface area contributed by atoms with Crippen molar-refractivity contribution in [2.24, 2.45) is 5.10 Å². The molecule has 0 atom stereocenters. The van der Waals surface area contributed by atoms with Crippen LogP contribution in [-0.2, 0) is 14.8 Å². The highest BCUT2D eigenvalue weighted by Crippen LogP contribution is 2.24. The molecule has 1 heterocycles. The van der Waals surface area contributed by atoms with E-state index in [4.69, 9.17) is 0 Å². The lowest BCUT2D eigenvalue weighted by molar-refractivity contribution is -0.118. The van der Waals surface area contributed by atoms with E-state index in [0.29, 0.717) is 21.4 Å². The van der Waals surface area contributed by atoms with Gasteiger partial charge in [-0.05, 0) is 37.6 Å². The zero-order valence-corrected chi connectivity index (χ0v) is 19.4. The second kappa shape index (κ2) is 10.2. The quantitative estimate of drug-likeness (QED) is 0.345. The number of hydrazone groups is 1. The van der Waals surface area contributed by atoms with Crippen molar-refractivity contribution < 1.29 is 13.2 Å². The molecule has 0 spiro atoms. The fourth-order valence-corrected chi connectivity index (χ4v) is 4.32. The normalized spacial score (nSPS) is 12.0. The molecule has 32 heavy (non-hydrogen) atoms. The number of carbonyl (C=O) groups excluding carboxylic acids is 1. The Bertz CT molecular complexity index is 1250. The van der Waals surface area contributed by atoms with Gasteiger partial charge in [0.1, 0.15) is 5.71 Å². The number of allylic oxidation sites excluding steroid dienone is 1. The summed E-state index contributed by atoms with van der Waals surface area (Å²) in [6, 6.07) is 16.1. The predicted molar refractivity (Wildman–Crippen MR) is 128 cm³/mol. The number of nitrogens with one attached hydrogen (secondary N) is 3. The fraction of sp³-hybridized carbons (Fsp3) is 0.136. The lowest BCUT2D eigenvalue weighted by Gasteiger charge is -2.06. The number of benzene rings is 2. The summed E-state index contributed by atoms with van der Waals surface area (Å²) in [5.74, 6) is -0.261. The highest BCUT2D eigenvalue weighted by molar-refractivity contribution is 7.89. The van der Waals surface area contributed by atoms with Crippen molar-refractivity contribution in [2.45, 2.75) is 25.7 Å². The summed E-state index contributed by atoms with van der Waals surface area (Å²) in [6.45, 7) is 5.04. The van der Waals surface area contributed by atoms with Crippen molar-refractivity contribution in [3.8, 4) is 0 Å². The molecule has 0 saturated carbocycles. The third-order valence-corrected chi connectivity index (χ3v) is 6.55. The van der Waals surface area contributed by atoms with Gasteiger partial charge >= 0.3 is 0 Å². The third kappa shape index (κ3) is 6.25. The van der Waals surface area contributed by atoms with Crippen LogP contribution in [0.25, 0.3) is 6.08 Å². The topological polar surface area (TPSA) is 113 Å². The summed E-state index contributed by atoms with van der Waals surface area (Å²) in [5.41, 5.74) is 8.10. The molecule has 8 nitrogen and oxygen atoms in total. The number of nitrogens with zero attached hydrogens (tertiary/aromatic N) is 2. The highest BCUT2D eigenvalue weighted by atomic mass is 32.2. The summed E-state index contributed by atoms with van der Waals surface area (Å²) in [4.78, 5) is 18.6. The highest BCUT2D eigenvalue weighted by Gasteiger charge is 2.16. The van der Waals surface area contributed by atoms with E-state index >= 15 is 0 Å². The maximum Gasteiger partial charge on any atom is 0.276 e. The van der Waals surface area contributed by atoms with Crippen LogP contribution >= 0.6 is 11.3 Å². The van der Waals surface area contributed by atoms with Gasteiger partial charge in [0.15, 0.2) is 0 Å². The zero-order valence-electron chi connectivity index (χ0n) is 17.8. The van der Waals surface area contributed by atoms with Gasteiger partial charge in [-0.1, -0.05) is 65.4 Å². The molecule has 3 aromatic rings. The maximum atomic E-state index is 12.7. The largest absolute Gasteiger partial charge is 0.276 e. The molecule has 0 aliphatic heterocycles. The summed E-state index contributed by atoms with van der Waals surface area (Å²) >= 11 is 1.24. The number of aryl methyl sites for hydroxylation is 2. The van der Waals surface area contributed by atoms with Crippen molar-refractivity contribution in [3.05, 3.63) is 82.4 Å². The van der Waals surface area contributed by atoms with Gasteiger partial charge in [-0.3, -0.25) is 15.6 Å². The predicted octanol–water partition coefficient (Wildman–Crippen LogP) is 3.62. The van der Waals surface area contributed by atoms with Crippen LogP contribution < -0.4 is 15.7 Å². The SMILES string of the molecule is CC(=O)NNc1nc(C)c(C(C=Cc2ccccc2)=NNS(=O)(=O)c2ccc(C)cc2)s1. The Labute approximate surface area is 191 Å². The van der Waals surface area contributed by atoms with Gasteiger partial charge < -0.3 is 0 Å². The minimum atomic E-state index is -3.85. The molecule has 0 aliphatic rings. The van der Waals surface area contributed by atoms with Crippen molar-refractivity contribution in [3.63, 3.8) is 0 Å². The Morgan fingerprint density at radius 2 is 1.75 bits per heavy atom. The Hall–Kier alpha value is -3.50. The zero-order chi connectivity index (χ0) is 23.1. The lowest BCUT2D eigenvalue weighted by Crippen LogP contribution is -2.26. The van der Waals surface area contributed by atoms with E-state index in [1.165, 1.54) is 30.4 Å². The number of hydrogen-bond acceptors (Lipinski definition) is 7. The number of carbonyl (C=O) groups is 1. The van der Waals surface area contributed by atoms with Crippen molar-refractivity contribution >= 4 is 44.2 Å². The molecule has 1 amide bonds. The Morgan fingerprint density at radius 1 is 1.06 bits per heavy atom. The number of sulfonamides is 1. The summed E-state index contributed by atoms with van der Waals surface area (Å²) in [5, 5.41) is 4.65. The van der Waals surface area contributed by atoms with E-state index in [-0.39, 0.29) is 10.8 Å². The summed E-state index contributed by atoms with van der Waals surface area (Å²) in [6.07, 6.45) is 3.55. The molecule has 10 heteroatoms. The van der Waals surface area contributed by atoms with Crippen molar-refractivity contribution in [1.29, 1.82) is 0 Å². The monoisotopic (exact) mass is 469 g/mol. The van der Waals surface area contributed by atoms with Crippen molar-refractivity contribution in [2.75, 3.05) is 5.43 Å². The van der Waals surface area contributed by atoms with E-state index in [1.807, 2.05) is 43.3 Å². The van der Waals surface area contributed by atoms with Gasteiger partial charge in [0.25, 0.3) is 10.0 Å². The number of rotatable bonds is 8. The molecule has 0 radical (unpaired) electrons. The van der Waals surface area contributed by atoms with Gasteiger partial charge in [-0.25, -0.2) is 4.98 Å². The van der Waals surface area contributed by atoms with Crippen LogP contribution in [0.15, 0.2) is 70.7 Å².